The van der Waals surface area contributed by atoms with Gasteiger partial charge in [-0.3, -0.25) is 20.2 Å². The molecule has 76 valence electrons. The number of nitrogens with zero attached hydrogens (tertiary/aromatic N) is 1. The molecule has 6 heteroatoms. The number of rotatable bonds is 1. The molecule has 0 spiro atoms. The third kappa shape index (κ3) is 1.60. The minimum absolute atomic E-state index is 0.0173. The summed E-state index contributed by atoms with van der Waals surface area (Å²) in [5.41, 5.74) is 0. The van der Waals surface area contributed by atoms with Gasteiger partial charge in [-0.25, -0.2) is 4.99 Å². The maximum atomic E-state index is 10.8. The molecule has 0 radical (unpaired) electrons. The van der Waals surface area contributed by atoms with Crippen molar-refractivity contribution in [2.45, 2.75) is 25.5 Å². The Hall–Kier alpha value is -1.43. The number of hydrogen-bond acceptors (Lipinski definition) is 4. The average molecular weight is 197 g/mol. The van der Waals surface area contributed by atoms with E-state index >= 15 is 0 Å². The molecular formula is C8H11N3O3. The van der Waals surface area contributed by atoms with Gasteiger partial charge in [-0.1, -0.05) is 0 Å². The first-order chi connectivity index (χ1) is 6.66. The Kier molecular flexibility index (Phi) is 2.20. The Bertz CT molecular complexity index is 295. The van der Waals surface area contributed by atoms with Crippen LogP contribution in [0.1, 0.15) is 13.3 Å². The van der Waals surface area contributed by atoms with Gasteiger partial charge in [0.25, 0.3) is 0 Å². The number of amides is 2. The smallest absolute Gasteiger partial charge is 0.316 e. The average Bonchev–Trinajstić information content (AvgIpc) is 2.63. The second-order valence-electron chi connectivity index (χ2n) is 3.32. The topological polar surface area (TPSA) is 79.8 Å². The van der Waals surface area contributed by atoms with Crippen LogP contribution in [0.3, 0.4) is 0 Å². The molecule has 2 N–H and O–H groups in total. The van der Waals surface area contributed by atoms with Gasteiger partial charge in [-0.15, -0.1) is 0 Å². The summed E-state index contributed by atoms with van der Waals surface area (Å²) in [5, 5.41) is 4.69. The van der Waals surface area contributed by atoms with E-state index in [2.05, 4.69) is 15.6 Å². The number of carbonyl (C=O) groups excluding carboxylic acids is 2. The minimum atomic E-state index is -0.657. The SMILES string of the molecule is CC1OCCC1N=C1NC(=O)C(=O)N1. The molecule has 2 aliphatic rings. The molecule has 0 aromatic heterocycles. The van der Waals surface area contributed by atoms with E-state index in [4.69, 9.17) is 4.74 Å². The molecule has 0 aromatic carbocycles. The molecule has 14 heavy (non-hydrogen) atoms. The first-order valence-electron chi connectivity index (χ1n) is 4.48. The summed E-state index contributed by atoms with van der Waals surface area (Å²) in [6.07, 6.45) is 0.855. The maximum absolute atomic E-state index is 10.8. The summed E-state index contributed by atoms with van der Waals surface area (Å²) in [4.78, 5) is 25.8. The lowest BCUT2D eigenvalue weighted by Gasteiger charge is -2.08. The van der Waals surface area contributed by atoms with Crippen molar-refractivity contribution in [2.24, 2.45) is 4.99 Å². The van der Waals surface area contributed by atoms with Crippen LogP contribution in [0.25, 0.3) is 0 Å². The number of nitrogens with one attached hydrogen (secondary N) is 2. The highest BCUT2D eigenvalue weighted by atomic mass is 16.5. The molecule has 0 saturated carbocycles. The van der Waals surface area contributed by atoms with Gasteiger partial charge in [0.2, 0.25) is 5.96 Å². The van der Waals surface area contributed by atoms with Crippen LogP contribution in [0.15, 0.2) is 4.99 Å². The Labute approximate surface area is 80.7 Å². The van der Waals surface area contributed by atoms with Gasteiger partial charge in [0, 0.05) is 6.61 Å². The first-order valence-corrected chi connectivity index (χ1v) is 4.48. The van der Waals surface area contributed by atoms with Crippen molar-refractivity contribution >= 4 is 17.8 Å². The van der Waals surface area contributed by atoms with Crippen molar-refractivity contribution in [2.75, 3.05) is 6.61 Å². The summed E-state index contributed by atoms with van der Waals surface area (Å²) in [5.74, 6) is -1.08. The quantitative estimate of drug-likeness (QED) is 0.516. The van der Waals surface area contributed by atoms with Crippen molar-refractivity contribution in [1.29, 1.82) is 0 Å². The van der Waals surface area contributed by atoms with Crippen molar-refractivity contribution < 1.29 is 14.3 Å². The highest BCUT2D eigenvalue weighted by Crippen LogP contribution is 2.16. The molecule has 2 heterocycles. The second kappa shape index (κ2) is 3.38. The third-order valence-corrected chi connectivity index (χ3v) is 2.30. The fraction of sp³-hybridized carbons (Fsp3) is 0.625. The lowest BCUT2D eigenvalue weighted by Crippen LogP contribution is -2.29. The van der Waals surface area contributed by atoms with Crippen molar-refractivity contribution in [3.05, 3.63) is 0 Å². The Balaban J connectivity index is 2.05. The zero-order valence-corrected chi connectivity index (χ0v) is 7.74. The minimum Gasteiger partial charge on any atom is -0.376 e. The second-order valence-corrected chi connectivity index (χ2v) is 3.32. The Morgan fingerprint density at radius 2 is 2.00 bits per heavy atom. The fourth-order valence-corrected chi connectivity index (χ4v) is 1.48. The zero-order chi connectivity index (χ0) is 10.1. The van der Waals surface area contributed by atoms with Gasteiger partial charge in [0.05, 0.1) is 12.1 Å². The lowest BCUT2D eigenvalue weighted by molar-refractivity contribution is -0.135. The number of carbonyl (C=O) groups is 2. The molecule has 6 nitrogen and oxygen atoms in total. The molecule has 0 aliphatic carbocycles. The largest absolute Gasteiger partial charge is 0.376 e. The van der Waals surface area contributed by atoms with Gasteiger partial charge >= 0.3 is 11.8 Å². The van der Waals surface area contributed by atoms with Crippen LogP contribution in [0.4, 0.5) is 0 Å². The molecule has 2 saturated heterocycles. The van der Waals surface area contributed by atoms with Crippen LogP contribution < -0.4 is 10.6 Å². The van der Waals surface area contributed by atoms with Crippen LogP contribution in [-0.4, -0.2) is 36.5 Å². The standard InChI is InChI=1S/C8H11N3O3/c1-4-5(2-3-14-4)9-8-10-6(12)7(13)11-8/h4-5H,2-3H2,1H3,(H2,9,10,11,12,13). The predicted molar refractivity (Wildman–Crippen MR) is 47.5 cm³/mol. The summed E-state index contributed by atoms with van der Waals surface area (Å²) >= 11 is 0. The van der Waals surface area contributed by atoms with Crippen LogP contribution in [0.5, 0.6) is 0 Å². The van der Waals surface area contributed by atoms with Crippen molar-refractivity contribution in [1.82, 2.24) is 10.6 Å². The van der Waals surface area contributed by atoms with Crippen molar-refractivity contribution in [3.63, 3.8) is 0 Å². The van der Waals surface area contributed by atoms with Gasteiger partial charge in [0.1, 0.15) is 0 Å². The molecular weight excluding hydrogens is 186 g/mol. The van der Waals surface area contributed by atoms with Gasteiger partial charge in [0.15, 0.2) is 0 Å². The van der Waals surface area contributed by atoms with Gasteiger partial charge < -0.3 is 4.74 Å². The van der Waals surface area contributed by atoms with Gasteiger partial charge in [-0.2, -0.15) is 0 Å². The molecule has 0 aromatic rings. The maximum Gasteiger partial charge on any atom is 0.316 e. The number of ether oxygens (including phenoxy) is 1. The fourth-order valence-electron chi connectivity index (χ4n) is 1.48. The number of guanidine groups is 1. The Morgan fingerprint density at radius 3 is 2.50 bits per heavy atom. The number of hydrogen-bond donors (Lipinski definition) is 2. The molecule has 2 fully saturated rings. The van der Waals surface area contributed by atoms with E-state index in [1.54, 1.807) is 0 Å². The predicted octanol–water partition coefficient (Wildman–Crippen LogP) is -1.23. The van der Waals surface area contributed by atoms with Crippen LogP contribution in [-0.2, 0) is 14.3 Å². The molecule has 2 atom stereocenters. The summed E-state index contributed by atoms with van der Waals surface area (Å²) in [6.45, 7) is 2.59. The van der Waals surface area contributed by atoms with Crippen molar-refractivity contribution in [3.8, 4) is 0 Å². The summed E-state index contributed by atoms with van der Waals surface area (Å²) in [7, 11) is 0. The molecule has 2 aliphatic heterocycles. The van der Waals surface area contributed by atoms with Crippen LogP contribution in [0.2, 0.25) is 0 Å². The van der Waals surface area contributed by atoms with Gasteiger partial charge in [-0.05, 0) is 13.3 Å². The monoisotopic (exact) mass is 197 g/mol. The summed E-state index contributed by atoms with van der Waals surface area (Å²) < 4.78 is 5.30. The van der Waals surface area contributed by atoms with E-state index in [-0.39, 0.29) is 18.1 Å². The van der Waals surface area contributed by atoms with E-state index < -0.39 is 11.8 Å². The summed E-state index contributed by atoms with van der Waals surface area (Å²) in [6, 6.07) is 0.0173. The van der Waals surface area contributed by atoms with E-state index in [0.717, 1.165) is 6.42 Å². The van der Waals surface area contributed by atoms with E-state index in [9.17, 15) is 9.59 Å². The Morgan fingerprint density at radius 1 is 1.36 bits per heavy atom. The van der Waals surface area contributed by atoms with E-state index in [1.807, 2.05) is 6.92 Å². The highest BCUT2D eigenvalue weighted by molar-refractivity contribution is 6.45. The molecule has 2 rings (SSSR count). The normalized spacial score (nSPS) is 31.6. The zero-order valence-electron chi connectivity index (χ0n) is 7.74. The molecule has 2 amide bonds. The lowest BCUT2D eigenvalue weighted by atomic mass is 10.2. The van der Waals surface area contributed by atoms with Crippen LogP contribution in [0, 0.1) is 0 Å². The van der Waals surface area contributed by atoms with E-state index in [0.29, 0.717) is 6.61 Å². The first kappa shape index (κ1) is 9.14. The van der Waals surface area contributed by atoms with E-state index in [1.165, 1.54) is 0 Å². The molecule has 2 unspecified atom stereocenters. The van der Waals surface area contributed by atoms with Crippen LogP contribution >= 0.6 is 0 Å². The molecule has 0 bridgehead atoms. The third-order valence-electron chi connectivity index (χ3n) is 2.30. The number of aliphatic imine (C=N–C) groups is 1. The highest BCUT2D eigenvalue weighted by Gasteiger charge is 2.29.